The molecule has 1 aromatic carbocycles. The predicted molar refractivity (Wildman–Crippen MR) is 78.7 cm³/mol. The van der Waals surface area contributed by atoms with Gasteiger partial charge in [-0.1, -0.05) is 0 Å². The summed E-state index contributed by atoms with van der Waals surface area (Å²) in [6.07, 6.45) is 0.878. The van der Waals surface area contributed by atoms with Gasteiger partial charge in [0.2, 0.25) is 0 Å². The largest absolute Gasteiger partial charge is 0.379 e. The first-order valence-electron chi connectivity index (χ1n) is 6.58. The molecule has 0 saturated carbocycles. The SMILES string of the molecule is CC(C)N(C)CCCNc1cc(C#N)ccc1[N+](=O)[O-]. The lowest BCUT2D eigenvalue weighted by atomic mass is 10.2. The van der Waals surface area contributed by atoms with E-state index in [-0.39, 0.29) is 5.69 Å². The van der Waals surface area contributed by atoms with Crippen molar-refractivity contribution in [3.05, 3.63) is 33.9 Å². The molecule has 1 N–H and O–H groups in total. The summed E-state index contributed by atoms with van der Waals surface area (Å²) < 4.78 is 0. The van der Waals surface area contributed by atoms with Gasteiger partial charge in [-0.3, -0.25) is 10.1 Å². The number of nitrogens with zero attached hydrogens (tertiary/aromatic N) is 3. The molecule has 0 aliphatic carbocycles. The lowest BCUT2D eigenvalue weighted by molar-refractivity contribution is -0.384. The Morgan fingerprint density at radius 1 is 1.50 bits per heavy atom. The molecular formula is C14H20N4O2. The molecule has 20 heavy (non-hydrogen) atoms. The number of rotatable bonds is 7. The van der Waals surface area contributed by atoms with Gasteiger partial charge in [0.1, 0.15) is 5.69 Å². The molecule has 0 unspecified atom stereocenters. The monoisotopic (exact) mass is 276 g/mol. The number of anilines is 1. The smallest absolute Gasteiger partial charge is 0.292 e. The van der Waals surface area contributed by atoms with Crippen molar-refractivity contribution < 1.29 is 4.92 Å². The summed E-state index contributed by atoms with van der Waals surface area (Å²) in [5, 5.41) is 22.8. The van der Waals surface area contributed by atoms with Gasteiger partial charge in [0.25, 0.3) is 5.69 Å². The molecule has 6 heteroatoms. The first kappa shape index (κ1) is 15.9. The summed E-state index contributed by atoms with van der Waals surface area (Å²) in [6, 6.07) is 6.80. The van der Waals surface area contributed by atoms with E-state index >= 15 is 0 Å². The van der Waals surface area contributed by atoms with Crippen LogP contribution < -0.4 is 5.32 Å². The van der Waals surface area contributed by atoms with Crippen molar-refractivity contribution in [2.75, 3.05) is 25.5 Å². The van der Waals surface area contributed by atoms with Crippen LogP contribution in [0.15, 0.2) is 18.2 Å². The van der Waals surface area contributed by atoms with Gasteiger partial charge in [-0.2, -0.15) is 5.26 Å². The zero-order chi connectivity index (χ0) is 15.1. The van der Waals surface area contributed by atoms with Crippen LogP contribution in [-0.4, -0.2) is 36.0 Å². The van der Waals surface area contributed by atoms with Crippen LogP contribution in [0, 0.1) is 21.4 Å². The van der Waals surface area contributed by atoms with Crippen molar-refractivity contribution in [1.29, 1.82) is 5.26 Å². The maximum Gasteiger partial charge on any atom is 0.292 e. The van der Waals surface area contributed by atoms with Gasteiger partial charge >= 0.3 is 0 Å². The average Bonchev–Trinajstić information content (AvgIpc) is 2.42. The zero-order valence-corrected chi connectivity index (χ0v) is 12.1. The van der Waals surface area contributed by atoms with E-state index in [2.05, 4.69) is 24.1 Å². The van der Waals surface area contributed by atoms with Crippen molar-refractivity contribution >= 4 is 11.4 Å². The first-order chi connectivity index (χ1) is 9.45. The predicted octanol–water partition coefficient (Wildman–Crippen LogP) is 2.61. The molecule has 1 aromatic rings. The van der Waals surface area contributed by atoms with Gasteiger partial charge in [-0.25, -0.2) is 0 Å². The molecule has 0 aliphatic heterocycles. The fourth-order valence-electron chi connectivity index (χ4n) is 1.72. The quantitative estimate of drug-likeness (QED) is 0.470. The van der Waals surface area contributed by atoms with Gasteiger partial charge in [0.05, 0.1) is 16.6 Å². The van der Waals surface area contributed by atoms with Crippen LogP contribution in [0.25, 0.3) is 0 Å². The minimum atomic E-state index is -0.441. The third-order valence-corrected chi connectivity index (χ3v) is 3.21. The molecule has 0 atom stereocenters. The highest BCUT2D eigenvalue weighted by molar-refractivity contribution is 5.64. The maximum absolute atomic E-state index is 10.9. The molecule has 0 aliphatic rings. The zero-order valence-electron chi connectivity index (χ0n) is 12.1. The Morgan fingerprint density at radius 2 is 2.20 bits per heavy atom. The van der Waals surface area contributed by atoms with E-state index in [1.54, 1.807) is 0 Å². The Balaban J connectivity index is 2.62. The normalized spacial score (nSPS) is 10.6. The number of nitrogens with one attached hydrogen (secondary N) is 1. The fraction of sp³-hybridized carbons (Fsp3) is 0.500. The van der Waals surface area contributed by atoms with E-state index in [1.165, 1.54) is 18.2 Å². The fourth-order valence-corrected chi connectivity index (χ4v) is 1.72. The highest BCUT2D eigenvalue weighted by atomic mass is 16.6. The third-order valence-electron chi connectivity index (χ3n) is 3.21. The second-order valence-corrected chi connectivity index (χ2v) is 4.96. The second-order valence-electron chi connectivity index (χ2n) is 4.96. The van der Waals surface area contributed by atoms with E-state index in [9.17, 15) is 10.1 Å². The Bertz CT molecular complexity index is 508. The van der Waals surface area contributed by atoms with Crippen LogP contribution in [0.5, 0.6) is 0 Å². The van der Waals surface area contributed by atoms with Crippen molar-refractivity contribution in [3.63, 3.8) is 0 Å². The van der Waals surface area contributed by atoms with Crippen molar-refractivity contribution in [2.24, 2.45) is 0 Å². The molecule has 6 nitrogen and oxygen atoms in total. The summed E-state index contributed by atoms with van der Waals surface area (Å²) in [6.45, 7) is 5.78. The number of hydrogen-bond acceptors (Lipinski definition) is 5. The first-order valence-corrected chi connectivity index (χ1v) is 6.58. The van der Waals surface area contributed by atoms with Crippen LogP contribution in [0.1, 0.15) is 25.8 Å². The molecule has 0 amide bonds. The topological polar surface area (TPSA) is 82.2 Å². The van der Waals surface area contributed by atoms with Gasteiger partial charge in [-0.15, -0.1) is 0 Å². The molecule has 0 saturated heterocycles. The van der Waals surface area contributed by atoms with E-state index in [4.69, 9.17) is 5.26 Å². The number of nitro benzene ring substituents is 1. The average molecular weight is 276 g/mol. The third kappa shape index (κ3) is 4.52. The number of hydrogen-bond donors (Lipinski definition) is 1. The molecule has 0 aromatic heterocycles. The van der Waals surface area contributed by atoms with Crippen LogP contribution >= 0.6 is 0 Å². The van der Waals surface area contributed by atoms with Crippen molar-refractivity contribution in [2.45, 2.75) is 26.3 Å². The lowest BCUT2D eigenvalue weighted by Crippen LogP contribution is -2.28. The van der Waals surface area contributed by atoms with E-state index in [0.717, 1.165) is 13.0 Å². The van der Waals surface area contributed by atoms with Crippen molar-refractivity contribution in [1.82, 2.24) is 4.90 Å². The Hall–Kier alpha value is -2.13. The number of benzene rings is 1. The number of nitriles is 1. The molecular weight excluding hydrogens is 256 g/mol. The maximum atomic E-state index is 10.9. The second kappa shape index (κ2) is 7.46. The minimum Gasteiger partial charge on any atom is -0.379 e. The molecule has 108 valence electrons. The van der Waals surface area contributed by atoms with Crippen LogP contribution in [0.2, 0.25) is 0 Å². The summed E-state index contributed by atoms with van der Waals surface area (Å²) in [4.78, 5) is 12.7. The summed E-state index contributed by atoms with van der Waals surface area (Å²) in [5.74, 6) is 0. The van der Waals surface area contributed by atoms with Gasteiger partial charge in [-0.05, 0) is 46.0 Å². The summed E-state index contributed by atoms with van der Waals surface area (Å²) in [5.41, 5.74) is 0.819. The molecule has 0 bridgehead atoms. The van der Waals surface area contributed by atoms with Crippen LogP contribution in [-0.2, 0) is 0 Å². The molecule has 0 spiro atoms. The molecule has 0 fully saturated rings. The van der Waals surface area contributed by atoms with Crippen molar-refractivity contribution in [3.8, 4) is 6.07 Å². The highest BCUT2D eigenvalue weighted by Crippen LogP contribution is 2.25. The van der Waals surface area contributed by atoms with Gasteiger partial charge < -0.3 is 10.2 Å². The molecule has 0 heterocycles. The van der Waals surface area contributed by atoms with E-state index in [0.29, 0.717) is 23.8 Å². The summed E-state index contributed by atoms with van der Waals surface area (Å²) >= 11 is 0. The number of nitro groups is 1. The van der Waals surface area contributed by atoms with E-state index < -0.39 is 4.92 Å². The van der Waals surface area contributed by atoms with Crippen LogP contribution in [0.3, 0.4) is 0 Å². The highest BCUT2D eigenvalue weighted by Gasteiger charge is 2.13. The molecule has 1 rings (SSSR count). The van der Waals surface area contributed by atoms with Gasteiger partial charge in [0, 0.05) is 18.7 Å². The van der Waals surface area contributed by atoms with E-state index in [1.807, 2.05) is 13.1 Å². The lowest BCUT2D eigenvalue weighted by Gasteiger charge is -2.20. The Labute approximate surface area is 119 Å². The van der Waals surface area contributed by atoms with Gasteiger partial charge in [0.15, 0.2) is 0 Å². The Kier molecular flexibility index (Phi) is 5.94. The standard InChI is InChI=1S/C14H20N4O2/c1-11(2)17(3)8-4-7-16-13-9-12(10-15)5-6-14(13)18(19)20/h5-6,9,11,16H,4,7-8H2,1-3H3. The Morgan fingerprint density at radius 3 is 2.75 bits per heavy atom. The van der Waals surface area contributed by atoms with Crippen LogP contribution in [0.4, 0.5) is 11.4 Å². The minimum absolute atomic E-state index is 0.00112. The molecule has 0 radical (unpaired) electrons. The summed E-state index contributed by atoms with van der Waals surface area (Å²) in [7, 11) is 2.05.